The minimum Gasteiger partial charge on any atom is -0.464 e. The van der Waals surface area contributed by atoms with Crippen LogP contribution in [0.2, 0.25) is 0 Å². The molecule has 214 valence electrons. The Hall–Kier alpha value is -3.26. The molecule has 1 N–H and O–H groups in total. The number of carbonyl (C=O) groups excluding carboxylic acids is 1. The van der Waals surface area contributed by atoms with E-state index in [-0.39, 0.29) is 17.4 Å². The maximum absolute atomic E-state index is 13.5. The summed E-state index contributed by atoms with van der Waals surface area (Å²) in [7, 11) is -2.93. The zero-order valence-corrected chi connectivity index (χ0v) is 24.9. The second-order valence-electron chi connectivity index (χ2n) is 11.8. The van der Waals surface area contributed by atoms with Gasteiger partial charge in [0, 0.05) is 48.7 Å². The molecule has 2 aliphatic rings. The summed E-state index contributed by atoms with van der Waals surface area (Å²) in [5, 5.41) is 3.14. The van der Waals surface area contributed by atoms with Crippen molar-refractivity contribution in [1.29, 1.82) is 0 Å². The molecular formula is C32H41N3O4S. The van der Waals surface area contributed by atoms with Crippen molar-refractivity contribution in [3.05, 3.63) is 71.2 Å². The molecule has 0 atom stereocenters. The number of furan rings is 1. The van der Waals surface area contributed by atoms with Gasteiger partial charge in [0.25, 0.3) is 0 Å². The molecule has 7 nitrogen and oxygen atoms in total. The van der Waals surface area contributed by atoms with E-state index < -0.39 is 15.3 Å². The van der Waals surface area contributed by atoms with Gasteiger partial charge < -0.3 is 19.5 Å². The average Bonchev–Trinajstić information content (AvgIpc) is 3.32. The van der Waals surface area contributed by atoms with Crippen molar-refractivity contribution in [2.75, 3.05) is 47.5 Å². The van der Waals surface area contributed by atoms with E-state index in [1.807, 2.05) is 45.0 Å². The van der Waals surface area contributed by atoms with Crippen molar-refractivity contribution in [2.24, 2.45) is 0 Å². The largest absolute Gasteiger partial charge is 0.464 e. The monoisotopic (exact) mass is 563 g/mol. The van der Waals surface area contributed by atoms with Crippen LogP contribution in [-0.4, -0.2) is 52.0 Å². The molecule has 2 aliphatic heterocycles. The third-order valence-corrected chi connectivity index (χ3v) is 9.96. The summed E-state index contributed by atoms with van der Waals surface area (Å²) in [4.78, 5) is 18.0. The number of rotatable bonds is 7. The molecule has 40 heavy (non-hydrogen) atoms. The molecule has 2 saturated heterocycles. The van der Waals surface area contributed by atoms with E-state index in [1.54, 1.807) is 0 Å². The fourth-order valence-electron chi connectivity index (χ4n) is 5.76. The van der Waals surface area contributed by atoms with E-state index in [2.05, 4.69) is 46.3 Å². The van der Waals surface area contributed by atoms with Gasteiger partial charge in [-0.2, -0.15) is 0 Å². The van der Waals surface area contributed by atoms with Gasteiger partial charge in [-0.3, -0.25) is 4.79 Å². The number of carbonyl (C=O) groups is 1. The van der Waals surface area contributed by atoms with Crippen LogP contribution in [0.3, 0.4) is 0 Å². The second-order valence-corrected chi connectivity index (χ2v) is 14.1. The highest BCUT2D eigenvalue weighted by atomic mass is 32.2. The first-order chi connectivity index (χ1) is 19.0. The number of sulfone groups is 1. The Balaban J connectivity index is 1.30. The summed E-state index contributed by atoms with van der Waals surface area (Å²) < 4.78 is 29.7. The predicted molar refractivity (Wildman–Crippen MR) is 162 cm³/mol. The molecule has 5 rings (SSSR count). The Bertz CT molecular complexity index is 1450. The lowest BCUT2D eigenvalue weighted by Crippen LogP contribution is -2.41. The number of hydrogen-bond donors (Lipinski definition) is 1. The van der Waals surface area contributed by atoms with Crippen molar-refractivity contribution in [3.63, 3.8) is 0 Å². The SMILES string of the molecule is Cc1ccc(-c2cc(C)oc2CNC(=O)C(C)(C)c2ccc(N3CCS(=O)(=O)CC3)cc2)c(N2CCCCC2)c1. The van der Waals surface area contributed by atoms with E-state index in [0.717, 1.165) is 47.0 Å². The maximum atomic E-state index is 13.5. The number of piperidine rings is 1. The number of amides is 1. The van der Waals surface area contributed by atoms with E-state index in [9.17, 15) is 13.2 Å². The molecular weight excluding hydrogens is 522 g/mol. The summed E-state index contributed by atoms with van der Waals surface area (Å²) in [6, 6.07) is 16.6. The van der Waals surface area contributed by atoms with Gasteiger partial charge in [0.15, 0.2) is 9.84 Å². The van der Waals surface area contributed by atoms with Crippen molar-refractivity contribution < 1.29 is 17.6 Å². The zero-order valence-electron chi connectivity index (χ0n) is 24.1. The van der Waals surface area contributed by atoms with Crippen LogP contribution in [0.15, 0.2) is 52.9 Å². The van der Waals surface area contributed by atoms with Gasteiger partial charge in [0.05, 0.1) is 23.5 Å². The summed E-state index contributed by atoms with van der Waals surface area (Å²) >= 11 is 0. The van der Waals surface area contributed by atoms with Gasteiger partial charge in [-0.15, -0.1) is 0 Å². The van der Waals surface area contributed by atoms with Gasteiger partial charge >= 0.3 is 0 Å². The molecule has 0 saturated carbocycles. The topological polar surface area (TPSA) is 82.9 Å². The third-order valence-electron chi connectivity index (χ3n) is 8.35. The average molecular weight is 564 g/mol. The van der Waals surface area contributed by atoms with Crippen molar-refractivity contribution in [3.8, 4) is 11.1 Å². The normalized spacial score (nSPS) is 17.6. The smallest absolute Gasteiger partial charge is 0.230 e. The van der Waals surface area contributed by atoms with E-state index >= 15 is 0 Å². The van der Waals surface area contributed by atoms with Crippen LogP contribution in [0.1, 0.15) is 55.8 Å². The Morgan fingerprint density at radius 3 is 2.23 bits per heavy atom. The lowest BCUT2D eigenvalue weighted by molar-refractivity contribution is -0.125. The minimum atomic E-state index is -2.93. The van der Waals surface area contributed by atoms with E-state index in [4.69, 9.17) is 4.42 Å². The van der Waals surface area contributed by atoms with Crippen LogP contribution in [0.4, 0.5) is 11.4 Å². The van der Waals surface area contributed by atoms with Crippen LogP contribution in [-0.2, 0) is 26.6 Å². The first-order valence-electron chi connectivity index (χ1n) is 14.3. The van der Waals surface area contributed by atoms with Crippen molar-refractivity contribution >= 4 is 27.1 Å². The number of aryl methyl sites for hydroxylation is 2. The first-order valence-corrected chi connectivity index (χ1v) is 16.2. The van der Waals surface area contributed by atoms with Crippen molar-refractivity contribution in [1.82, 2.24) is 5.32 Å². The summed E-state index contributed by atoms with van der Waals surface area (Å²) in [5.41, 5.74) is 5.78. The molecule has 2 aromatic carbocycles. The molecule has 1 amide bonds. The molecule has 0 radical (unpaired) electrons. The van der Waals surface area contributed by atoms with Gasteiger partial charge in [-0.05, 0) is 82.3 Å². The number of nitrogens with one attached hydrogen (secondary N) is 1. The van der Waals surface area contributed by atoms with Gasteiger partial charge in [0.2, 0.25) is 5.91 Å². The molecule has 8 heteroatoms. The highest BCUT2D eigenvalue weighted by Crippen LogP contribution is 2.37. The first kappa shape index (κ1) is 28.3. The fraction of sp³-hybridized carbons (Fsp3) is 0.469. The zero-order chi connectivity index (χ0) is 28.5. The van der Waals surface area contributed by atoms with Gasteiger partial charge in [0.1, 0.15) is 11.5 Å². The van der Waals surface area contributed by atoms with Crippen LogP contribution < -0.4 is 15.1 Å². The molecule has 0 bridgehead atoms. The number of nitrogens with zero attached hydrogens (tertiary/aromatic N) is 2. The molecule has 0 unspecified atom stereocenters. The highest BCUT2D eigenvalue weighted by Gasteiger charge is 2.31. The Labute approximate surface area is 238 Å². The summed E-state index contributed by atoms with van der Waals surface area (Å²) in [5.74, 6) is 1.87. The number of benzene rings is 2. The van der Waals surface area contributed by atoms with Crippen molar-refractivity contribution in [2.45, 2.75) is 58.9 Å². The predicted octanol–water partition coefficient (Wildman–Crippen LogP) is 5.38. The molecule has 3 heterocycles. The van der Waals surface area contributed by atoms with Crippen LogP contribution in [0.5, 0.6) is 0 Å². The Morgan fingerprint density at radius 1 is 0.875 bits per heavy atom. The Kier molecular flexibility index (Phi) is 8.00. The quantitative estimate of drug-likeness (QED) is 0.416. The van der Waals surface area contributed by atoms with Crippen LogP contribution in [0.25, 0.3) is 11.1 Å². The molecule has 3 aromatic rings. The summed E-state index contributed by atoms with van der Waals surface area (Å²) in [6.07, 6.45) is 3.69. The molecule has 1 aromatic heterocycles. The minimum absolute atomic E-state index is 0.0792. The lowest BCUT2D eigenvalue weighted by Gasteiger charge is -2.31. The van der Waals surface area contributed by atoms with Crippen LogP contribution in [0, 0.1) is 13.8 Å². The highest BCUT2D eigenvalue weighted by molar-refractivity contribution is 7.91. The standard InChI is InChI=1S/C32H41N3O4S/c1-23-8-13-27(29(20-23)35-14-6-5-7-15-35)28-21-24(2)39-30(28)22-33-31(36)32(3,4)25-9-11-26(12-10-25)34-16-18-40(37,38)19-17-34/h8-13,20-21H,5-7,14-19,22H2,1-4H3,(H,33,36). The molecule has 2 fully saturated rings. The summed E-state index contributed by atoms with van der Waals surface area (Å²) in [6.45, 7) is 11.3. The Morgan fingerprint density at radius 2 is 1.55 bits per heavy atom. The molecule has 0 spiro atoms. The lowest BCUT2D eigenvalue weighted by atomic mass is 9.83. The van der Waals surface area contributed by atoms with Crippen LogP contribution >= 0.6 is 0 Å². The second kappa shape index (κ2) is 11.3. The number of hydrogen-bond acceptors (Lipinski definition) is 6. The van der Waals surface area contributed by atoms with E-state index in [1.165, 1.54) is 30.5 Å². The fourth-order valence-corrected chi connectivity index (χ4v) is 6.96. The molecule has 0 aliphatic carbocycles. The number of anilines is 2. The maximum Gasteiger partial charge on any atom is 0.230 e. The third kappa shape index (κ3) is 6.07. The van der Waals surface area contributed by atoms with Gasteiger partial charge in [-0.1, -0.05) is 24.3 Å². The van der Waals surface area contributed by atoms with E-state index in [0.29, 0.717) is 19.6 Å². The van der Waals surface area contributed by atoms with Gasteiger partial charge in [-0.25, -0.2) is 8.42 Å².